The molecular weight excluding hydrogens is 325 g/mol. The average molecular weight is 341 g/mol. The van der Waals surface area contributed by atoms with Gasteiger partial charge in [0.25, 0.3) is 0 Å². The van der Waals surface area contributed by atoms with Crippen molar-refractivity contribution in [1.82, 2.24) is 5.16 Å². The van der Waals surface area contributed by atoms with E-state index in [1.165, 1.54) is 18.2 Å². The maximum absolute atomic E-state index is 13.1. The standard InChI is InChI=1S/C19H16FNO4/c1-2-23-19(22)18-11-17(21-25-18)14-6-8-16(9-7-14)24-12-13-4-3-5-15(20)10-13/h3-11H,2,12H2,1H3. The quantitative estimate of drug-likeness (QED) is 0.628. The van der Waals surface area contributed by atoms with E-state index in [1.807, 2.05) is 0 Å². The summed E-state index contributed by atoms with van der Waals surface area (Å²) in [4.78, 5) is 11.6. The Hall–Kier alpha value is -3.15. The zero-order valence-electron chi connectivity index (χ0n) is 13.6. The lowest BCUT2D eigenvalue weighted by Gasteiger charge is -2.06. The molecule has 0 unspecified atom stereocenters. The van der Waals surface area contributed by atoms with Crippen LogP contribution >= 0.6 is 0 Å². The van der Waals surface area contributed by atoms with Gasteiger partial charge in [-0.05, 0) is 48.9 Å². The molecule has 0 radical (unpaired) electrons. The number of aromatic nitrogens is 1. The first-order chi connectivity index (χ1) is 12.2. The molecule has 2 aromatic carbocycles. The number of hydrogen-bond donors (Lipinski definition) is 0. The highest BCUT2D eigenvalue weighted by atomic mass is 19.1. The third kappa shape index (κ3) is 4.23. The van der Waals surface area contributed by atoms with Crippen molar-refractivity contribution < 1.29 is 23.2 Å². The van der Waals surface area contributed by atoms with E-state index in [1.54, 1.807) is 43.3 Å². The third-order valence-electron chi connectivity index (χ3n) is 3.43. The SMILES string of the molecule is CCOC(=O)c1cc(-c2ccc(OCc3cccc(F)c3)cc2)no1. The Bertz CT molecular complexity index is 858. The van der Waals surface area contributed by atoms with E-state index in [2.05, 4.69) is 5.16 Å². The highest BCUT2D eigenvalue weighted by molar-refractivity contribution is 5.87. The number of halogens is 1. The fourth-order valence-electron chi connectivity index (χ4n) is 2.23. The molecule has 3 aromatic rings. The van der Waals surface area contributed by atoms with Crippen molar-refractivity contribution in [1.29, 1.82) is 0 Å². The Kier molecular flexibility index (Phi) is 5.09. The summed E-state index contributed by atoms with van der Waals surface area (Å²) in [5.41, 5.74) is 2.05. The molecule has 6 heteroatoms. The van der Waals surface area contributed by atoms with Gasteiger partial charge in [-0.3, -0.25) is 0 Å². The molecule has 5 nitrogen and oxygen atoms in total. The molecule has 0 aliphatic heterocycles. The average Bonchev–Trinajstić information content (AvgIpc) is 3.11. The first-order valence-corrected chi connectivity index (χ1v) is 7.77. The van der Waals surface area contributed by atoms with Gasteiger partial charge in [0.05, 0.1) is 6.61 Å². The largest absolute Gasteiger partial charge is 0.489 e. The summed E-state index contributed by atoms with van der Waals surface area (Å²) in [6.07, 6.45) is 0. The number of ether oxygens (including phenoxy) is 2. The summed E-state index contributed by atoms with van der Waals surface area (Å²) in [6, 6.07) is 14.9. The van der Waals surface area contributed by atoms with Gasteiger partial charge in [0.1, 0.15) is 23.9 Å². The molecule has 25 heavy (non-hydrogen) atoms. The minimum atomic E-state index is -0.545. The number of rotatable bonds is 6. The predicted octanol–water partition coefficient (Wildman–Crippen LogP) is 4.24. The topological polar surface area (TPSA) is 61.6 Å². The highest BCUT2D eigenvalue weighted by Gasteiger charge is 2.14. The zero-order valence-corrected chi connectivity index (χ0v) is 13.6. The number of carbonyl (C=O) groups excluding carboxylic acids is 1. The molecule has 1 heterocycles. The van der Waals surface area contributed by atoms with Gasteiger partial charge in [0.2, 0.25) is 5.76 Å². The van der Waals surface area contributed by atoms with Gasteiger partial charge < -0.3 is 14.0 Å². The van der Waals surface area contributed by atoms with E-state index >= 15 is 0 Å². The van der Waals surface area contributed by atoms with Crippen LogP contribution in [-0.4, -0.2) is 17.7 Å². The molecule has 0 aliphatic carbocycles. The highest BCUT2D eigenvalue weighted by Crippen LogP contribution is 2.23. The van der Waals surface area contributed by atoms with Crippen LogP contribution in [0.3, 0.4) is 0 Å². The number of carbonyl (C=O) groups is 1. The molecule has 1 aromatic heterocycles. The molecule has 0 spiro atoms. The van der Waals surface area contributed by atoms with Crippen molar-refractivity contribution >= 4 is 5.97 Å². The summed E-state index contributed by atoms with van der Waals surface area (Å²) in [7, 11) is 0. The van der Waals surface area contributed by atoms with Crippen LogP contribution in [0.4, 0.5) is 4.39 Å². The van der Waals surface area contributed by atoms with E-state index in [4.69, 9.17) is 14.0 Å². The maximum Gasteiger partial charge on any atom is 0.377 e. The summed E-state index contributed by atoms with van der Waals surface area (Å²) in [5.74, 6) is -0.137. The number of benzene rings is 2. The number of nitrogens with zero attached hydrogens (tertiary/aromatic N) is 1. The van der Waals surface area contributed by atoms with Crippen molar-refractivity contribution in [2.45, 2.75) is 13.5 Å². The van der Waals surface area contributed by atoms with Crippen molar-refractivity contribution in [3.63, 3.8) is 0 Å². The zero-order chi connectivity index (χ0) is 17.6. The first kappa shape index (κ1) is 16.7. The fourth-order valence-corrected chi connectivity index (χ4v) is 2.23. The lowest BCUT2D eigenvalue weighted by molar-refractivity contribution is 0.0480. The minimum Gasteiger partial charge on any atom is -0.489 e. The van der Waals surface area contributed by atoms with Gasteiger partial charge in [0.15, 0.2) is 0 Å². The molecule has 0 atom stereocenters. The Balaban J connectivity index is 1.65. The van der Waals surface area contributed by atoms with Crippen LogP contribution in [0.25, 0.3) is 11.3 Å². The molecule has 0 saturated carbocycles. The van der Waals surface area contributed by atoms with Crippen molar-refractivity contribution in [3.8, 4) is 17.0 Å². The molecule has 0 aliphatic rings. The second-order valence-electron chi connectivity index (χ2n) is 5.24. The van der Waals surface area contributed by atoms with Crippen LogP contribution in [0.1, 0.15) is 23.0 Å². The molecule has 0 saturated heterocycles. The molecule has 3 rings (SSSR count). The lowest BCUT2D eigenvalue weighted by atomic mass is 10.1. The monoisotopic (exact) mass is 341 g/mol. The minimum absolute atomic E-state index is 0.0586. The Morgan fingerprint density at radius 3 is 2.68 bits per heavy atom. The van der Waals surface area contributed by atoms with E-state index in [-0.39, 0.29) is 24.8 Å². The van der Waals surface area contributed by atoms with Crippen LogP contribution in [0.15, 0.2) is 59.1 Å². The van der Waals surface area contributed by atoms with Crippen LogP contribution in [0, 0.1) is 5.82 Å². The van der Waals surface area contributed by atoms with Gasteiger partial charge >= 0.3 is 5.97 Å². The van der Waals surface area contributed by atoms with E-state index in [0.717, 1.165) is 11.1 Å². The van der Waals surface area contributed by atoms with E-state index in [0.29, 0.717) is 11.4 Å². The van der Waals surface area contributed by atoms with Gasteiger partial charge in [-0.1, -0.05) is 17.3 Å². The molecule has 0 N–H and O–H groups in total. The summed E-state index contributed by atoms with van der Waals surface area (Å²) >= 11 is 0. The van der Waals surface area contributed by atoms with Crippen LogP contribution in [-0.2, 0) is 11.3 Å². The maximum atomic E-state index is 13.1. The van der Waals surface area contributed by atoms with E-state index < -0.39 is 5.97 Å². The van der Waals surface area contributed by atoms with Crippen molar-refractivity contribution in [2.75, 3.05) is 6.61 Å². The van der Waals surface area contributed by atoms with Gasteiger partial charge in [-0.15, -0.1) is 0 Å². The van der Waals surface area contributed by atoms with Crippen LogP contribution in [0.2, 0.25) is 0 Å². The molecule has 128 valence electrons. The smallest absolute Gasteiger partial charge is 0.377 e. The number of hydrogen-bond acceptors (Lipinski definition) is 5. The summed E-state index contributed by atoms with van der Waals surface area (Å²) in [6.45, 7) is 2.26. The second-order valence-corrected chi connectivity index (χ2v) is 5.24. The third-order valence-corrected chi connectivity index (χ3v) is 3.43. The fraction of sp³-hybridized carbons (Fsp3) is 0.158. The molecule has 0 bridgehead atoms. The lowest BCUT2D eigenvalue weighted by Crippen LogP contribution is -2.02. The van der Waals surface area contributed by atoms with Gasteiger partial charge in [0, 0.05) is 11.6 Å². The van der Waals surface area contributed by atoms with Crippen LogP contribution < -0.4 is 4.74 Å². The predicted molar refractivity (Wildman–Crippen MR) is 88.6 cm³/mol. The van der Waals surface area contributed by atoms with E-state index in [9.17, 15) is 9.18 Å². The normalized spacial score (nSPS) is 10.5. The number of esters is 1. The van der Waals surface area contributed by atoms with Crippen molar-refractivity contribution in [2.24, 2.45) is 0 Å². The Morgan fingerprint density at radius 1 is 1.16 bits per heavy atom. The Morgan fingerprint density at radius 2 is 1.96 bits per heavy atom. The van der Waals surface area contributed by atoms with Gasteiger partial charge in [-0.2, -0.15) is 0 Å². The molecular formula is C19H16FNO4. The second kappa shape index (κ2) is 7.61. The Labute approximate surface area is 144 Å². The summed E-state index contributed by atoms with van der Waals surface area (Å²) < 4.78 is 28.6. The first-order valence-electron chi connectivity index (χ1n) is 7.77. The van der Waals surface area contributed by atoms with Crippen molar-refractivity contribution in [3.05, 3.63) is 71.7 Å². The molecule has 0 fully saturated rings. The summed E-state index contributed by atoms with van der Waals surface area (Å²) in [5, 5.41) is 3.86. The van der Waals surface area contributed by atoms with Crippen LogP contribution in [0.5, 0.6) is 5.75 Å². The van der Waals surface area contributed by atoms with Gasteiger partial charge in [-0.25, -0.2) is 9.18 Å². The molecule has 0 amide bonds.